The minimum atomic E-state index is -3.44. The fraction of sp³-hybridized carbons (Fsp3) is 0.438. The van der Waals surface area contributed by atoms with Gasteiger partial charge in [-0.05, 0) is 5.56 Å². The van der Waals surface area contributed by atoms with Crippen LogP contribution in [0.25, 0.3) is 0 Å². The Hall–Kier alpha value is -1.91. The van der Waals surface area contributed by atoms with Crippen LogP contribution in [0.15, 0.2) is 30.3 Å². The normalized spacial score (nSPS) is 21.7. The van der Waals surface area contributed by atoms with Crippen LogP contribution in [-0.4, -0.2) is 66.1 Å². The van der Waals surface area contributed by atoms with E-state index in [-0.39, 0.29) is 44.3 Å². The van der Waals surface area contributed by atoms with Gasteiger partial charge in [-0.2, -0.15) is 4.31 Å². The molecule has 0 bridgehead atoms. The zero-order valence-electron chi connectivity index (χ0n) is 14.0. The molecule has 10 heteroatoms. The molecule has 1 aromatic carbocycles. The third kappa shape index (κ3) is 4.43. The maximum atomic E-state index is 12.5. The van der Waals surface area contributed by atoms with Crippen LogP contribution < -0.4 is 5.32 Å². The first-order valence-electron chi connectivity index (χ1n) is 8.16. The Morgan fingerprint density at radius 1 is 1.12 bits per heavy atom. The molecule has 2 aliphatic heterocycles. The van der Waals surface area contributed by atoms with Gasteiger partial charge in [0, 0.05) is 32.6 Å². The van der Waals surface area contributed by atoms with Crippen molar-refractivity contribution in [3.8, 4) is 0 Å². The van der Waals surface area contributed by atoms with Crippen LogP contribution in [0, 0.1) is 0 Å². The number of amides is 3. The Morgan fingerprint density at radius 3 is 2.35 bits per heavy atom. The summed E-state index contributed by atoms with van der Waals surface area (Å²) in [4.78, 5) is 36.6. The predicted octanol–water partition coefficient (Wildman–Crippen LogP) is 0.402. The second-order valence-corrected chi connectivity index (χ2v) is 9.25. The largest absolute Gasteiger partial charge is 0.340 e. The number of rotatable bonds is 5. The summed E-state index contributed by atoms with van der Waals surface area (Å²) < 4.78 is 26.4. The first kappa shape index (κ1) is 18.9. The summed E-state index contributed by atoms with van der Waals surface area (Å²) in [5, 5.41) is 1.01. The lowest BCUT2D eigenvalue weighted by Crippen LogP contribution is -2.51. The van der Waals surface area contributed by atoms with Gasteiger partial charge in [0.05, 0.1) is 5.75 Å². The third-order valence-electron chi connectivity index (χ3n) is 4.30. The smallest absolute Gasteiger partial charge is 0.286 e. The van der Waals surface area contributed by atoms with E-state index in [4.69, 9.17) is 0 Å². The monoisotopic (exact) mass is 397 g/mol. The first-order chi connectivity index (χ1) is 12.3. The van der Waals surface area contributed by atoms with Crippen molar-refractivity contribution in [2.45, 2.75) is 17.4 Å². The summed E-state index contributed by atoms with van der Waals surface area (Å²) in [6.45, 7) is 1.01. The Morgan fingerprint density at radius 2 is 1.77 bits per heavy atom. The molecule has 26 heavy (non-hydrogen) atoms. The van der Waals surface area contributed by atoms with Crippen molar-refractivity contribution < 1.29 is 22.8 Å². The van der Waals surface area contributed by atoms with E-state index in [2.05, 4.69) is 5.32 Å². The number of benzene rings is 1. The molecule has 1 atom stereocenters. The highest BCUT2D eigenvalue weighted by Gasteiger charge is 2.35. The molecule has 2 heterocycles. The van der Waals surface area contributed by atoms with E-state index < -0.39 is 26.4 Å². The number of nitrogens with zero attached hydrogens (tertiary/aromatic N) is 2. The van der Waals surface area contributed by atoms with Gasteiger partial charge in [0.2, 0.25) is 21.8 Å². The highest BCUT2D eigenvalue weighted by Crippen LogP contribution is 2.23. The molecule has 1 N–H and O–H groups in total. The number of piperazine rings is 1. The molecule has 2 saturated heterocycles. The van der Waals surface area contributed by atoms with Crippen molar-refractivity contribution in [2.24, 2.45) is 0 Å². The maximum absolute atomic E-state index is 12.5. The van der Waals surface area contributed by atoms with Crippen LogP contribution in [-0.2, 0) is 25.4 Å². The molecule has 3 amide bonds. The van der Waals surface area contributed by atoms with Gasteiger partial charge in [-0.3, -0.25) is 19.7 Å². The van der Waals surface area contributed by atoms with Crippen LogP contribution >= 0.6 is 11.8 Å². The summed E-state index contributed by atoms with van der Waals surface area (Å²) in [7, 11) is -3.44. The molecule has 0 aromatic heterocycles. The zero-order valence-corrected chi connectivity index (χ0v) is 15.6. The molecule has 0 saturated carbocycles. The first-order valence-corrected chi connectivity index (χ1v) is 10.6. The summed E-state index contributed by atoms with van der Waals surface area (Å²) >= 11 is 0.819. The van der Waals surface area contributed by atoms with E-state index in [0.717, 1.165) is 17.3 Å². The minimum absolute atomic E-state index is 0.0565. The predicted molar refractivity (Wildman–Crippen MR) is 96.8 cm³/mol. The average molecular weight is 397 g/mol. The maximum Gasteiger partial charge on any atom is 0.286 e. The lowest BCUT2D eigenvalue weighted by molar-refractivity contribution is -0.134. The molecule has 0 aliphatic carbocycles. The van der Waals surface area contributed by atoms with Crippen LogP contribution in [0.5, 0.6) is 0 Å². The summed E-state index contributed by atoms with van der Waals surface area (Å²) in [6.07, 6.45) is -0.0565. The lowest BCUT2D eigenvalue weighted by Gasteiger charge is -2.34. The lowest BCUT2D eigenvalue weighted by atomic mass is 10.2. The van der Waals surface area contributed by atoms with Crippen LogP contribution in [0.3, 0.4) is 0 Å². The summed E-state index contributed by atoms with van der Waals surface area (Å²) in [5.74, 6) is -0.757. The highest BCUT2D eigenvalue weighted by atomic mass is 32.2. The van der Waals surface area contributed by atoms with Gasteiger partial charge in [-0.15, -0.1) is 0 Å². The number of sulfonamides is 1. The van der Waals surface area contributed by atoms with E-state index in [1.54, 1.807) is 29.2 Å². The molecular weight excluding hydrogens is 378 g/mol. The molecule has 0 spiro atoms. The number of imide groups is 1. The van der Waals surface area contributed by atoms with Crippen molar-refractivity contribution in [3.63, 3.8) is 0 Å². The van der Waals surface area contributed by atoms with Crippen molar-refractivity contribution in [3.05, 3.63) is 35.9 Å². The fourth-order valence-electron chi connectivity index (χ4n) is 2.91. The third-order valence-corrected chi connectivity index (χ3v) is 7.14. The van der Waals surface area contributed by atoms with Gasteiger partial charge in [0.15, 0.2) is 0 Å². The molecule has 0 radical (unpaired) electrons. The van der Waals surface area contributed by atoms with E-state index in [1.807, 2.05) is 6.07 Å². The molecular formula is C16H19N3O5S2. The Bertz CT molecular complexity index is 804. The van der Waals surface area contributed by atoms with Gasteiger partial charge < -0.3 is 4.90 Å². The van der Waals surface area contributed by atoms with Gasteiger partial charge in [-0.25, -0.2) is 8.42 Å². The molecule has 1 aromatic rings. The second kappa shape index (κ2) is 7.77. The minimum Gasteiger partial charge on any atom is -0.340 e. The standard InChI is InChI=1S/C16H19N3O5S2/c20-14(10-13-15(21)17-16(22)25-13)18-6-8-19(9-7-18)26(23,24)11-12-4-2-1-3-5-12/h1-5,13H,6-11H2,(H,17,21,22)/t13-/m0/s1. The van der Waals surface area contributed by atoms with Crippen LogP contribution in [0.1, 0.15) is 12.0 Å². The van der Waals surface area contributed by atoms with Gasteiger partial charge in [0.1, 0.15) is 5.25 Å². The van der Waals surface area contributed by atoms with Gasteiger partial charge in [0.25, 0.3) is 5.24 Å². The Kier molecular flexibility index (Phi) is 5.64. The summed E-state index contributed by atoms with van der Waals surface area (Å²) in [6, 6.07) is 8.95. The quantitative estimate of drug-likeness (QED) is 0.771. The average Bonchev–Trinajstić information content (AvgIpc) is 2.92. The van der Waals surface area contributed by atoms with Crippen molar-refractivity contribution in [2.75, 3.05) is 26.2 Å². The highest BCUT2D eigenvalue weighted by molar-refractivity contribution is 8.15. The number of hydrogen-bond acceptors (Lipinski definition) is 6. The number of nitrogens with one attached hydrogen (secondary N) is 1. The van der Waals surface area contributed by atoms with Gasteiger partial charge in [-0.1, -0.05) is 42.1 Å². The topological polar surface area (TPSA) is 104 Å². The van der Waals surface area contributed by atoms with Gasteiger partial charge >= 0.3 is 0 Å². The molecule has 3 rings (SSSR count). The molecule has 140 valence electrons. The SMILES string of the molecule is O=C1NC(=O)[C@H](CC(=O)N2CCN(S(=O)(=O)Cc3ccccc3)CC2)S1. The van der Waals surface area contributed by atoms with E-state index >= 15 is 0 Å². The van der Waals surface area contributed by atoms with E-state index in [1.165, 1.54) is 4.31 Å². The van der Waals surface area contributed by atoms with Crippen LogP contribution in [0.2, 0.25) is 0 Å². The number of carbonyl (C=O) groups excluding carboxylic acids is 3. The molecule has 8 nitrogen and oxygen atoms in total. The van der Waals surface area contributed by atoms with Crippen molar-refractivity contribution in [1.82, 2.24) is 14.5 Å². The number of thioether (sulfide) groups is 1. The number of hydrogen-bond donors (Lipinski definition) is 1. The molecule has 2 fully saturated rings. The Labute approximate surface area is 156 Å². The molecule has 0 unspecified atom stereocenters. The van der Waals surface area contributed by atoms with E-state index in [9.17, 15) is 22.8 Å². The van der Waals surface area contributed by atoms with Crippen molar-refractivity contribution >= 4 is 38.8 Å². The van der Waals surface area contributed by atoms with E-state index in [0.29, 0.717) is 0 Å². The Balaban J connectivity index is 1.53. The zero-order chi connectivity index (χ0) is 18.7. The number of carbonyl (C=O) groups is 3. The molecule has 2 aliphatic rings. The second-order valence-electron chi connectivity index (χ2n) is 6.11. The summed E-state index contributed by atoms with van der Waals surface area (Å²) in [5.41, 5.74) is 0.722. The fourth-order valence-corrected chi connectivity index (χ4v) is 5.23. The van der Waals surface area contributed by atoms with Crippen molar-refractivity contribution in [1.29, 1.82) is 0 Å². The van der Waals surface area contributed by atoms with Crippen LogP contribution in [0.4, 0.5) is 4.79 Å².